The molecular formula is C10H12N2OS. The molecule has 3 nitrogen and oxygen atoms in total. The fraction of sp³-hybridized carbons (Fsp3) is 0.300. The fourth-order valence-corrected chi connectivity index (χ4v) is 2.06. The van der Waals surface area contributed by atoms with Crippen LogP contribution in [0.4, 0.5) is 5.69 Å². The quantitative estimate of drug-likeness (QED) is 0.779. The number of thiophene rings is 1. The Labute approximate surface area is 86.8 Å². The lowest BCUT2D eigenvalue weighted by atomic mass is 10.1. The van der Waals surface area contributed by atoms with Gasteiger partial charge in [0.2, 0.25) is 5.91 Å². The predicted molar refractivity (Wildman–Crippen MR) is 58.4 cm³/mol. The molecule has 0 radical (unpaired) electrons. The summed E-state index contributed by atoms with van der Waals surface area (Å²) in [5.41, 5.74) is 1.06. The van der Waals surface area contributed by atoms with Crippen molar-refractivity contribution in [1.82, 2.24) is 5.32 Å². The number of rotatable bonds is 2. The molecule has 1 unspecified atom stereocenters. The van der Waals surface area contributed by atoms with E-state index in [-0.39, 0.29) is 11.9 Å². The van der Waals surface area contributed by atoms with Gasteiger partial charge < -0.3 is 10.6 Å². The van der Waals surface area contributed by atoms with Crippen LogP contribution in [0.2, 0.25) is 0 Å². The summed E-state index contributed by atoms with van der Waals surface area (Å²) in [5, 5.41) is 7.93. The summed E-state index contributed by atoms with van der Waals surface area (Å²) in [4.78, 5) is 12.6. The summed E-state index contributed by atoms with van der Waals surface area (Å²) in [6.07, 6.45) is 4.41. The third-order valence-electron chi connectivity index (χ3n) is 2.22. The summed E-state index contributed by atoms with van der Waals surface area (Å²) in [7, 11) is 0. The second-order valence-corrected chi connectivity index (χ2v) is 4.35. The molecule has 2 rings (SSSR count). The molecule has 1 atom stereocenters. The van der Waals surface area contributed by atoms with Gasteiger partial charge >= 0.3 is 0 Å². The fourth-order valence-electron chi connectivity index (χ4n) is 1.40. The predicted octanol–water partition coefficient (Wildman–Crippen LogP) is 1.87. The van der Waals surface area contributed by atoms with E-state index in [0.717, 1.165) is 12.1 Å². The summed E-state index contributed by atoms with van der Waals surface area (Å²) in [5.74, 6) is 0.0399. The highest BCUT2D eigenvalue weighted by molar-refractivity contribution is 7.10. The average Bonchev–Trinajstić information content (AvgIpc) is 2.56. The third-order valence-corrected chi connectivity index (χ3v) is 3.07. The molecule has 1 aliphatic rings. The molecule has 0 aromatic carbocycles. The van der Waals surface area contributed by atoms with Crippen LogP contribution in [0.3, 0.4) is 0 Å². The maximum atomic E-state index is 11.4. The number of hydrogen-bond donors (Lipinski definition) is 2. The van der Waals surface area contributed by atoms with Gasteiger partial charge in [-0.2, -0.15) is 0 Å². The molecule has 1 aliphatic heterocycles. The van der Waals surface area contributed by atoms with Gasteiger partial charge in [-0.05, 0) is 31.0 Å². The van der Waals surface area contributed by atoms with Crippen LogP contribution in [0.1, 0.15) is 11.3 Å². The van der Waals surface area contributed by atoms with Crippen LogP contribution in [0.25, 0.3) is 0 Å². The molecule has 2 heterocycles. The molecule has 0 saturated heterocycles. The molecule has 0 spiro atoms. The van der Waals surface area contributed by atoms with Crippen LogP contribution in [-0.2, 0) is 4.79 Å². The van der Waals surface area contributed by atoms with Gasteiger partial charge in [-0.3, -0.25) is 4.79 Å². The number of amides is 1. The highest BCUT2D eigenvalue weighted by atomic mass is 32.1. The molecule has 1 amide bonds. The Kier molecular flexibility index (Phi) is 2.54. The van der Waals surface area contributed by atoms with Gasteiger partial charge in [-0.15, -0.1) is 11.3 Å². The monoisotopic (exact) mass is 208 g/mol. The Balaban J connectivity index is 2.07. The largest absolute Gasteiger partial charge is 0.373 e. The van der Waals surface area contributed by atoms with Crippen LogP contribution in [0, 0.1) is 6.92 Å². The molecule has 0 fully saturated rings. The minimum absolute atomic E-state index is 0.0399. The van der Waals surface area contributed by atoms with Crippen molar-refractivity contribution in [3.8, 4) is 0 Å². The Bertz CT molecular complexity index is 370. The van der Waals surface area contributed by atoms with Crippen molar-refractivity contribution in [2.45, 2.75) is 19.4 Å². The topological polar surface area (TPSA) is 41.1 Å². The van der Waals surface area contributed by atoms with Crippen molar-refractivity contribution < 1.29 is 4.79 Å². The number of anilines is 1. The molecule has 1 aromatic rings. The van der Waals surface area contributed by atoms with E-state index in [1.165, 1.54) is 4.88 Å². The standard InChI is InChI=1S/C10H12N2OS/c1-7-8(4-6-14-7)12-9-3-2-5-11-10(9)13/h2,4-6,9,12H,3H2,1H3,(H,11,13). The minimum Gasteiger partial charge on any atom is -0.373 e. The third kappa shape index (κ3) is 1.80. The summed E-state index contributed by atoms with van der Waals surface area (Å²) >= 11 is 1.68. The van der Waals surface area contributed by atoms with Gasteiger partial charge in [-0.1, -0.05) is 6.08 Å². The van der Waals surface area contributed by atoms with Crippen LogP contribution in [-0.4, -0.2) is 11.9 Å². The van der Waals surface area contributed by atoms with E-state index in [1.807, 2.05) is 24.4 Å². The number of carbonyl (C=O) groups excluding carboxylic acids is 1. The summed E-state index contributed by atoms with van der Waals surface area (Å²) in [6.45, 7) is 2.05. The lowest BCUT2D eigenvalue weighted by Crippen LogP contribution is -2.39. The second-order valence-electron chi connectivity index (χ2n) is 3.23. The number of hydrogen-bond acceptors (Lipinski definition) is 3. The maximum absolute atomic E-state index is 11.4. The van der Waals surface area contributed by atoms with Gasteiger partial charge in [0.1, 0.15) is 6.04 Å². The first-order valence-electron chi connectivity index (χ1n) is 4.53. The first-order valence-corrected chi connectivity index (χ1v) is 5.41. The second kappa shape index (κ2) is 3.84. The van der Waals surface area contributed by atoms with Gasteiger partial charge in [0.25, 0.3) is 0 Å². The Morgan fingerprint density at radius 2 is 2.50 bits per heavy atom. The van der Waals surface area contributed by atoms with Crippen molar-refractivity contribution in [2.75, 3.05) is 5.32 Å². The highest BCUT2D eigenvalue weighted by Crippen LogP contribution is 2.22. The first-order chi connectivity index (χ1) is 6.77. The van der Waals surface area contributed by atoms with Crippen LogP contribution in [0.5, 0.6) is 0 Å². The van der Waals surface area contributed by atoms with Crippen molar-refractivity contribution in [3.05, 3.63) is 28.6 Å². The maximum Gasteiger partial charge on any atom is 0.246 e. The molecule has 1 aromatic heterocycles. The Morgan fingerprint density at radius 1 is 1.64 bits per heavy atom. The van der Waals surface area contributed by atoms with Gasteiger partial charge in [0.05, 0.1) is 0 Å². The molecule has 4 heteroatoms. The average molecular weight is 208 g/mol. The van der Waals surface area contributed by atoms with E-state index < -0.39 is 0 Å². The zero-order chi connectivity index (χ0) is 9.97. The zero-order valence-corrected chi connectivity index (χ0v) is 8.73. The van der Waals surface area contributed by atoms with E-state index in [4.69, 9.17) is 0 Å². The lowest BCUT2D eigenvalue weighted by molar-refractivity contribution is -0.121. The van der Waals surface area contributed by atoms with Crippen LogP contribution >= 0.6 is 11.3 Å². The molecule has 0 aliphatic carbocycles. The summed E-state index contributed by atoms with van der Waals surface area (Å²) < 4.78 is 0. The van der Waals surface area contributed by atoms with Crippen LogP contribution < -0.4 is 10.6 Å². The molecule has 74 valence electrons. The Hall–Kier alpha value is -1.29. The van der Waals surface area contributed by atoms with Gasteiger partial charge in [0.15, 0.2) is 0 Å². The van der Waals surface area contributed by atoms with Gasteiger partial charge in [-0.25, -0.2) is 0 Å². The molecule has 0 saturated carbocycles. The molecule has 0 bridgehead atoms. The van der Waals surface area contributed by atoms with Crippen molar-refractivity contribution >= 4 is 22.9 Å². The van der Waals surface area contributed by atoms with E-state index >= 15 is 0 Å². The van der Waals surface area contributed by atoms with Crippen molar-refractivity contribution in [2.24, 2.45) is 0 Å². The van der Waals surface area contributed by atoms with E-state index in [9.17, 15) is 4.79 Å². The SMILES string of the molecule is Cc1sccc1NC1CC=CNC1=O. The van der Waals surface area contributed by atoms with Gasteiger partial charge in [0, 0.05) is 10.6 Å². The zero-order valence-electron chi connectivity index (χ0n) is 7.91. The smallest absolute Gasteiger partial charge is 0.246 e. The molecule has 14 heavy (non-hydrogen) atoms. The van der Waals surface area contributed by atoms with E-state index in [2.05, 4.69) is 10.6 Å². The van der Waals surface area contributed by atoms with Crippen LogP contribution in [0.15, 0.2) is 23.7 Å². The first kappa shape index (κ1) is 9.27. The van der Waals surface area contributed by atoms with Crippen molar-refractivity contribution in [3.63, 3.8) is 0 Å². The highest BCUT2D eigenvalue weighted by Gasteiger charge is 2.19. The minimum atomic E-state index is -0.131. The molecule has 2 N–H and O–H groups in total. The summed E-state index contributed by atoms with van der Waals surface area (Å²) in [6, 6.07) is 1.87. The lowest BCUT2D eigenvalue weighted by Gasteiger charge is -2.19. The van der Waals surface area contributed by atoms with E-state index in [1.54, 1.807) is 17.5 Å². The number of carbonyl (C=O) groups is 1. The van der Waals surface area contributed by atoms with Crippen molar-refractivity contribution in [1.29, 1.82) is 0 Å². The van der Waals surface area contributed by atoms with E-state index in [0.29, 0.717) is 0 Å². The molecular weight excluding hydrogens is 196 g/mol. The number of nitrogens with one attached hydrogen (secondary N) is 2. The normalized spacial score (nSPS) is 20.6. The number of aryl methyl sites for hydroxylation is 1. The Morgan fingerprint density at radius 3 is 3.14 bits per heavy atom.